The van der Waals surface area contributed by atoms with Gasteiger partial charge in [0.05, 0.1) is 13.2 Å². The third kappa shape index (κ3) is 4.68. The summed E-state index contributed by atoms with van der Waals surface area (Å²) in [5, 5.41) is 11.7. The Kier molecular flexibility index (Phi) is 5.48. The van der Waals surface area contributed by atoms with Gasteiger partial charge in [-0.25, -0.2) is 4.39 Å². The van der Waals surface area contributed by atoms with E-state index < -0.39 is 17.8 Å². The molecule has 0 spiro atoms. The predicted octanol–water partition coefficient (Wildman–Crippen LogP) is 3.23. The smallest absolute Gasteiger partial charge is 0.245 e. The Hall–Kier alpha value is -3.13. The molecular formula is C18H15FN2O2. The molecule has 0 unspecified atom stereocenters. The Labute approximate surface area is 133 Å². The van der Waals surface area contributed by atoms with Crippen LogP contribution in [0.25, 0.3) is 6.08 Å². The van der Waals surface area contributed by atoms with E-state index >= 15 is 0 Å². The summed E-state index contributed by atoms with van der Waals surface area (Å²) in [5.74, 6) is -0.118. The van der Waals surface area contributed by atoms with Crippen LogP contribution in [0.4, 0.5) is 4.39 Å². The van der Waals surface area contributed by atoms with Gasteiger partial charge in [-0.15, -0.1) is 0 Å². The molecule has 2 aromatic carbocycles. The fraction of sp³-hybridized carbons (Fsp3) is 0.111. The number of hydrogen-bond donors (Lipinski definition) is 1. The minimum absolute atomic E-state index is 0.394. The first-order valence-corrected chi connectivity index (χ1v) is 6.90. The first kappa shape index (κ1) is 16.2. The number of hydrogen-bond acceptors (Lipinski definition) is 3. The summed E-state index contributed by atoms with van der Waals surface area (Å²) < 4.78 is 18.0. The van der Waals surface area contributed by atoms with Gasteiger partial charge in [0.25, 0.3) is 0 Å². The molecule has 23 heavy (non-hydrogen) atoms. The van der Waals surface area contributed by atoms with Crippen LogP contribution >= 0.6 is 0 Å². The molecule has 1 amide bonds. The lowest BCUT2D eigenvalue weighted by molar-refractivity contribution is -0.116. The second kappa shape index (κ2) is 7.76. The van der Waals surface area contributed by atoms with E-state index in [1.54, 1.807) is 25.3 Å². The Morgan fingerprint density at radius 3 is 2.70 bits per heavy atom. The van der Waals surface area contributed by atoms with E-state index in [0.717, 1.165) is 5.56 Å². The number of nitrogens with zero attached hydrogens (tertiary/aromatic N) is 1. The van der Waals surface area contributed by atoms with Crippen molar-refractivity contribution in [2.24, 2.45) is 0 Å². The Balaban J connectivity index is 2.03. The van der Waals surface area contributed by atoms with E-state index in [0.29, 0.717) is 11.3 Å². The number of carbonyl (C=O) groups excluding carboxylic acids is 1. The van der Waals surface area contributed by atoms with Crippen molar-refractivity contribution in [2.45, 2.75) is 6.04 Å². The van der Waals surface area contributed by atoms with Gasteiger partial charge in [0.2, 0.25) is 5.91 Å². The average molecular weight is 310 g/mol. The molecule has 1 atom stereocenters. The van der Waals surface area contributed by atoms with E-state index in [2.05, 4.69) is 5.32 Å². The lowest BCUT2D eigenvalue weighted by Gasteiger charge is -2.10. The zero-order valence-corrected chi connectivity index (χ0v) is 12.5. The summed E-state index contributed by atoms with van der Waals surface area (Å²) >= 11 is 0. The van der Waals surface area contributed by atoms with E-state index in [-0.39, 0.29) is 0 Å². The molecule has 2 rings (SSSR count). The first-order chi connectivity index (χ1) is 11.1. The van der Waals surface area contributed by atoms with Gasteiger partial charge in [-0.05, 0) is 41.5 Å². The molecule has 0 fully saturated rings. The van der Waals surface area contributed by atoms with Gasteiger partial charge in [0, 0.05) is 6.08 Å². The van der Waals surface area contributed by atoms with Crippen molar-refractivity contribution in [3.63, 3.8) is 0 Å². The molecule has 0 aliphatic rings. The highest BCUT2D eigenvalue weighted by Gasteiger charge is 2.12. The molecule has 4 nitrogen and oxygen atoms in total. The Morgan fingerprint density at radius 2 is 2.04 bits per heavy atom. The molecule has 5 heteroatoms. The van der Waals surface area contributed by atoms with Crippen LogP contribution in [0.1, 0.15) is 17.2 Å². The van der Waals surface area contributed by atoms with Crippen molar-refractivity contribution < 1.29 is 13.9 Å². The Morgan fingerprint density at radius 1 is 1.30 bits per heavy atom. The summed E-state index contributed by atoms with van der Waals surface area (Å²) in [4.78, 5) is 11.9. The van der Waals surface area contributed by atoms with Gasteiger partial charge in [-0.1, -0.05) is 24.3 Å². The van der Waals surface area contributed by atoms with Crippen LogP contribution < -0.4 is 10.1 Å². The summed E-state index contributed by atoms with van der Waals surface area (Å²) in [6.07, 6.45) is 2.96. The molecule has 0 saturated heterocycles. The third-order valence-corrected chi connectivity index (χ3v) is 3.14. The second-order valence-corrected chi connectivity index (χ2v) is 4.73. The molecule has 116 valence electrons. The summed E-state index contributed by atoms with van der Waals surface area (Å²) in [5.41, 5.74) is 1.33. The van der Waals surface area contributed by atoms with Crippen molar-refractivity contribution in [3.8, 4) is 11.8 Å². The van der Waals surface area contributed by atoms with Crippen molar-refractivity contribution in [3.05, 3.63) is 71.6 Å². The lowest BCUT2D eigenvalue weighted by Crippen LogP contribution is -2.25. The number of carbonyl (C=O) groups is 1. The number of nitriles is 1. The predicted molar refractivity (Wildman–Crippen MR) is 84.9 cm³/mol. The monoisotopic (exact) mass is 310 g/mol. The largest absolute Gasteiger partial charge is 0.497 e. The molecule has 0 heterocycles. The van der Waals surface area contributed by atoms with E-state index in [9.17, 15) is 9.18 Å². The topological polar surface area (TPSA) is 62.1 Å². The zero-order valence-electron chi connectivity index (χ0n) is 12.5. The standard InChI is InChI=1S/C18H15FN2O2/c1-23-16-4-2-3-13(11-16)5-10-18(22)21-17(12-20)14-6-8-15(19)9-7-14/h2-11,17H,1H3,(H,21,22)/b10-5+/t17-/m1/s1. The van der Waals surface area contributed by atoms with Gasteiger partial charge in [0.1, 0.15) is 17.6 Å². The van der Waals surface area contributed by atoms with Crippen molar-refractivity contribution >= 4 is 12.0 Å². The maximum atomic E-state index is 12.9. The average Bonchev–Trinajstić information content (AvgIpc) is 2.59. The highest BCUT2D eigenvalue weighted by atomic mass is 19.1. The maximum absolute atomic E-state index is 12.9. The van der Waals surface area contributed by atoms with E-state index in [4.69, 9.17) is 10.00 Å². The van der Waals surface area contributed by atoms with Crippen LogP contribution in [-0.4, -0.2) is 13.0 Å². The lowest BCUT2D eigenvalue weighted by atomic mass is 10.1. The number of amides is 1. The van der Waals surface area contributed by atoms with Crippen LogP contribution in [0.3, 0.4) is 0 Å². The molecule has 0 aliphatic heterocycles. The summed E-state index contributed by atoms with van der Waals surface area (Å²) in [7, 11) is 1.57. The number of nitrogens with one attached hydrogen (secondary N) is 1. The molecular weight excluding hydrogens is 295 g/mol. The van der Waals surface area contributed by atoms with Crippen molar-refractivity contribution in [1.82, 2.24) is 5.32 Å². The quantitative estimate of drug-likeness (QED) is 0.862. The summed E-state index contributed by atoms with van der Waals surface area (Å²) in [6, 6.07) is 13.8. The number of ether oxygens (including phenoxy) is 1. The van der Waals surface area contributed by atoms with Crippen molar-refractivity contribution in [2.75, 3.05) is 7.11 Å². The van der Waals surface area contributed by atoms with E-state index in [1.165, 1.54) is 30.3 Å². The fourth-order valence-electron chi connectivity index (χ4n) is 1.95. The highest BCUT2D eigenvalue weighted by molar-refractivity contribution is 5.92. The highest BCUT2D eigenvalue weighted by Crippen LogP contribution is 2.15. The van der Waals surface area contributed by atoms with E-state index in [1.807, 2.05) is 18.2 Å². The van der Waals surface area contributed by atoms with Gasteiger partial charge in [-0.2, -0.15) is 5.26 Å². The minimum atomic E-state index is -0.835. The van der Waals surface area contributed by atoms with Crippen LogP contribution in [0.2, 0.25) is 0 Å². The molecule has 0 bridgehead atoms. The Bertz CT molecular complexity index is 748. The van der Waals surface area contributed by atoms with Gasteiger partial charge in [0.15, 0.2) is 0 Å². The number of halogens is 1. The zero-order chi connectivity index (χ0) is 16.7. The van der Waals surface area contributed by atoms with Crippen LogP contribution in [0.5, 0.6) is 5.75 Å². The van der Waals surface area contributed by atoms with Gasteiger partial charge in [-0.3, -0.25) is 4.79 Å². The first-order valence-electron chi connectivity index (χ1n) is 6.90. The number of methoxy groups -OCH3 is 1. The molecule has 0 aromatic heterocycles. The van der Waals surface area contributed by atoms with Crippen LogP contribution in [-0.2, 0) is 4.79 Å². The molecule has 0 saturated carbocycles. The SMILES string of the molecule is COc1cccc(/C=C/C(=O)N[C@H](C#N)c2ccc(F)cc2)c1. The third-order valence-electron chi connectivity index (χ3n) is 3.14. The van der Waals surface area contributed by atoms with Gasteiger partial charge >= 0.3 is 0 Å². The minimum Gasteiger partial charge on any atom is -0.497 e. The fourth-order valence-corrected chi connectivity index (χ4v) is 1.95. The normalized spacial score (nSPS) is 11.7. The second-order valence-electron chi connectivity index (χ2n) is 4.73. The van der Waals surface area contributed by atoms with Crippen LogP contribution in [0.15, 0.2) is 54.6 Å². The molecule has 2 aromatic rings. The molecule has 1 N–H and O–H groups in total. The molecule has 0 radical (unpaired) electrons. The number of rotatable bonds is 5. The number of benzene rings is 2. The van der Waals surface area contributed by atoms with Gasteiger partial charge < -0.3 is 10.1 Å². The maximum Gasteiger partial charge on any atom is 0.245 e. The summed E-state index contributed by atoms with van der Waals surface area (Å²) in [6.45, 7) is 0. The van der Waals surface area contributed by atoms with Crippen molar-refractivity contribution in [1.29, 1.82) is 5.26 Å². The van der Waals surface area contributed by atoms with Crippen LogP contribution in [0, 0.1) is 17.1 Å². The molecule has 0 aliphatic carbocycles.